The van der Waals surface area contributed by atoms with Crippen LogP contribution in [-0.2, 0) is 0 Å². The molecule has 2 aromatic carbocycles. The molecular formula is C19H15F2N3O2. The first kappa shape index (κ1) is 17.3. The molecule has 3 N–H and O–H groups in total. The van der Waals surface area contributed by atoms with Crippen molar-refractivity contribution in [1.29, 1.82) is 0 Å². The van der Waals surface area contributed by atoms with Crippen LogP contribution in [0.1, 0.15) is 16.1 Å². The van der Waals surface area contributed by atoms with E-state index in [4.69, 9.17) is 5.73 Å². The lowest BCUT2D eigenvalue weighted by Gasteiger charge is -2.12. The lowest BCUT2D eigenvalue weighted by molar-refractivity contribution is 0.102. The summed E-state index contributed by atoms with van der Waals surface area (Å²) in [5, 5.41) is 2.47. The number of rotatable bonds is 3. The van der Waals surface area contributed by atoms with E-state index < -0.39 is 23.1 Å². The van der Waals surface area contributed by atoms with Gasteiger partial charge in [-0.15, -0.1) is 0 Å². The third kappa shape index (κ3) is 3.32. The van der Waals surface area contributed by atoms with Crippen LogP contribution in [0.25, 0.3) is 5.69 Å². The third-order valence-electron chi connectivity index (χ3n) is 3.87. The van der Waals surface area contributed by atoms with E-state index in [-0.39, 0.29) is 16.9 Å². The van der Waals surface area contributed by atoms with Crippen molar-refractivity contribution in [3.63, 3.8) is 0 Å². The number of carbonyl (C=O) groups is 1. The van der Waals surface area contributed by atoms with Gasteiger partial charge in [0.15, 0.2) is 0 Å². The molecule has 26 heavy (non-hydrogen) atoms. The highest BCUT2D eigenvalue weighted by atomic mass is 19.1. The molecule has 0 fully saturated rings. The lowest BCUT2D eigenvalue weighted by atomic mass is 10.2. The summed E-state index contributed by atoms with van der Waals surface area (Å²) in [5.41, 5.74) is 5.85. The van der Waals surface area contributed by atoms with E-state index in [2.05, 4.69) is 5.32 Å². The van der Waals surface area contributed by atoms with Gasteiger partial charge in [-0.25, -0.2) is 8.78 Å². The maximum absolute atomic E-state index is 13.5. The number of amides is 1. The van der Waals surface area contributed by atoms with E-state index in [1.54, 1.807) is 13.0 Å². The number of aromatic nitrogens is 1. The van der Waals surface area contributed by atoms with Gasteiger partial charge >= 0.3 is 0 Å². The first-order valence-electron chi connectivity index (χ1n) is 7.72. The van der Waals surface area contributed by atoms with E-state index in [0.29, 0.717) is 11.4 Å². The maximum Gasteiger partial charge on any atom is 0.268 e. The average molecular weight is 355 g/mol. The van der Waals surface area contributed by atoms with E-state index in [1.807, 2.05) is 0 Å². The van der Waals surface area contributed by atoms with Gasteiger partial charge in [0.25, 0.3) is 11.5 Å². The summed E-state index contributed by atoms with van der Waals surface area (Å²) in [5.74, 6) is -1.79. The number of aryl methyl sites for hydroxylation is 1. The molecule has 132 valence electrons. The normalized spacial score (nSPS) is 10.6. The lowest BCUT2D eigenvalue weighted by Crippen LogP contribution is -2.29. The predicted molar refractivity (Wildman–Crippen MR) is 95.5 cm³/mol. The van der Waals surface area contributed by atoms with Gasteiger partial charge in [0, 0.05) is 17.1 Å². The van der Waals surface area contributed by atoms with Gasteiger partial charge in [-0.05, 0) is 61.5 Å². The van der Waals surface area contributed by atoms with Crippen molar-refractivity contribution < 1.29 is 13.6 Å². The summed E-state index contributed by atoms with van der Waals surface area (Å²) in [4.78, 5) is 25.2. The first-order valence-corrected chi connectivity index (χ1v) is 7.72. The molecule has 7 heteroatoms. The van der Waals surface area contributed by atoms with Crippen LogP contribution in [0.15, 0.2) is 59.4 Å². The summed E-state index contributed by atoms with van der Waals surface area (Å²) in [7, 11) is 0. The summed E-state index contributed by atoms with van der Waals surface area (Å²) < 4.78 is 27.9. The van der Waals surface area contributed by atoms with Crippen LogP contribution in [0.3, 0.4) is 0 Å². The molecule has 1 amide bonds. The largest absolute Gasteiger partial charge is 0.396 e. The zero-order valence-corrected chi connectivity index (χ0v) is 13.8. The smallest absolute Gasteiger partial charge is 0.268 e. The Morgan fingerprint density at radius 3 is 2.38 bits per heavy atom. The number of hydrogen-bond acceptors (Lipinski definition) is 3. The molecule has 1 heterocycles. The zero-order valence-electron chi connectivity index (χ0n) is 13.8. The quantitative estimate of drug-likeness (QED) is 0.708. The average Bonchev–Trinajstić information content (AvgIpc) is 2.60. The van der Waals surface area contributed by atoms with Crippen molar-refractivity contribution in [2.24, 2.45) is 0 Å². The fraction of sp³-hybridized carbons (Fsp3) is 0.0526. The molecule has 0 saturated carbocycles. The topological polar surface area (TPSA) is 77.1 Å². The van der Waals surface area contributed by atoms with Crippen LogP contribution in [0.2, 0.25) is 0 Å². The van der Waals surface area contributed by atoms with E-state index in [9.17, 15) is 18.4 Å². The van der Waals surface area contributed by atoms with Gasteiger partial charge in [-0.3, -0.25) is 14.2 Å². The Bertz CT molecular complexity index is 1040. The molecule has 0 unspecified atom stereocenters. The molecular weight excluding hydrogens is 340 g/mol. The number of pyridine rings is 1. The Hall–Kier alpha value is -3.48. The van der Waals surface area contributed by atoms with Gasteiger partial charge in [-0.2, -0.15) is 0 Å². The maximum atomic E-state index is 13.5. The highest BCUT2D eigenvalue weighted by Gasteiger charge is 2.15. The minimum atomic E-state index is -0.685. The van der Waals surface area contributed by atoms with E-state index >= 15 is 0 Å². The van der Waals surface area contributed by atoms with Crippen molar-refractivity contribution in [3.05, 3.63) is 87.8 Å². The van der Waals surface area contributed by atoms with Crippen LogP contribution in [0, 0.1) is 18.6 Å². The Labute approximate surface area is 147 Å². The number of hydrogen-bond donors (Lipinski definition) is 2. The molecule has 1 aromatic heterocycles. The van der Waals surface area contributed by atoms with Crippen molar-refractivity contribution in [2.75, 3.05) is 11.1 Å². The number of benzene rings is 2. The van der Waals surface area contributed by atoms with Crippen LogP contribution in [0.5, 0.6) is 0 Å². The molecule has 0 aliphatic heterocycles. The number of nitrogens with zero attached hydrogens (tertiary/aromatic N) is 1. The Balaban J connectivity index is 1.99. The van der Waals surface area contributed by atoms with Gasteiger partial charge in [-0.1, -0.05) is 0 Å². The van der Waals surface area contributed by atoms with Crippen molar-refractivity contribution in [2.45, 2.75) is 6.92 Å². The fourth-order valence-electron chi connectivity index (χ4n) is 2.52. The van der Waals surface area contributed by atoms with Crippen LogP contribution >= 0.6 is 0 Å². The summed E-state index contributed by atoms with van der Waals surface area (Å²) in [6, 6.07) is 12.2. The van der Waals surface area contributed by atoms with Crippen LogP contribution in [-0.4, -0.2) is 10.5 Å². The molecule has 0 aliphatic carbocycles. The SMILES string of the molecule is Cc1ccc(C(=O)Nc2ccc(N)c(F)c2)c(=O)n1-c1ccc(F)cc1. The Morgan fingerprint density at radius 2 is 1.73 bits per heavy atom. The summed E-state index contributed by atoms with van der Waals surface area (Å²) in [6.45, 7) is 1.70. The predicted octanol–water partition coefficient (Wildman–Crippen LogP) is 3.26. The fourth-order valence-corrected chi connectivity index (χ4v) is 2.52. The van der Waals surface area contributed by atoms with Gasteiger partial charge in [0.2, 0.25) is 0 Å². The zero-order chi connectivity index (χ0) is 18.8. The molecule has 0 atom stereocenters. The second kappa shape index (κ2) is 6.79. The van der Waals surface area contributed by atoms with Gasteiger partial charge in [0.05, 0.1) is 5.69 Å². The molecule has 0 saturated heterocycles. The molecule has 3 aromatic rings. The minimum Gasteiger partial charge on any atom is -0.396 e. The summed E-state index contributed by atoms with van der Waals surface area (Å²) in [6.07, 6.45) is 0. The number of nitrogens with one attached hydrogen (secondary N) is 1. The van der Waals surface area contributed by atoms with Crippen molar-refractivity contribution in [3.8, 4) is 5.69 Å². The molecule has 0 bridgehead atoms. The highest BCUT2D eigenvalue weighted by Crippen LogP contribution is 2.17. The van der Waals surface area contributed by atoms with Crippen LogP contribution in [0.4, 0.5) is 20.2 Å². The highest BCUT2D eigenvalue weighted by molar-refractivity contribution is 6.04. The Kier molecular flexibility index (Phi) is 4.53. The number of anilines is 2. The second-order valence-corrected chi connectivity index (χ2v) is 5.70. The number of nitrogen functional groups attached to an aromatic ring is 1. The third-order valence-corrected chi connectivity index (χ3v) is 3.87. The Morgan fingerprint density at radius 1 is 1.04 bits per heavy atom. The molecule has 3 rings (SSSR count). The molecule has 0 radical (unpaired) electrons. The number of halogens is 2. The van der Waals surface area contributed by atoms with E-state index in [1.165, 1.54) is 47.0 Å². The minimum absolute atomic E-state index is 0.0444. The summed E-state index contributed by atoms with van der Waals surface area (Å²) >= 11 is 0. The standard InChI is InChI=1S/C19H15F2N3O2/c1-11-2-8-15(18(25)23-13-5-9-17(22)16(21)10-13)19(26)24(11)14-6-3-12(20)4-7-14/h2-10H,22H2,1H3,(H,23,25). The monoisotopic (exact) mass is 355 g/mol. The van der Waals surface area contributed by atoms with Gasteiger partial charge in [0.1, 0.15) is 17.2 Å². The first-order chi connectivity index (χ1) is 12.4. The molecule has 0 aliphatic rings. The molecule has 0 spiro atoms. The van der Waals surface area contributed by atoms with Gasteiger partial charge < -0.3 is 11.1 Å². The number of carbonyl (C=O) groups excluding carboxylic acids is 1. The molecule has 5 nitrogen and oxygen atoms in total. The second-order valence-electron chi connectivity index (χ2n) is 5.70. The number of nitrogens with two attached hydrogens (primary N) is 1. The van der Waals surface area contributed by atoms with Crippen molar-refractivity contribution >= 4 is 17.3 Å². The van der Waals surface area contributed by atoms with Crippen LogP contribution < -0.4 is 16.6 Å². The van der Waals surface area contributed by atoms with Crippen molar-refractivity contribution in [1.82, 2.24) is 4.57 Å². The van der Waals surface area contributed by atoms with E-state index in [0.717, 1.165) is 6.07 Å².